The first-order chi connectivity index (χ1) is 8.24. The van der Waals surface area contributed by atoms with Crippen LogP contribution < -0.4 is 5.56 Å². The van der Waals surface area contributed by atoms with Crippen LogP contribution in [0.15, 0.2) is 53.6 Å². The SMILES string of the molecule is O=c1cc2cc(-n3cccc3)ccc2c(O)[nH]1. The molecule has 0 saturated heterocycles. The maximum absolute atomic E-state index is 11.3. The molecule has 3 rings (SSSR count). The van der Waals surface area contributed by atoms with Crippen molar-refractivity contribution in [1.29, 1.82) is 0 Å². The molecule has 84 valence electrons. The summed E-state index contributed by atoms with van der Waals surface area (Å²) in [7, 11) is 0. The molecule has 0 fully saturated rings. The summed E-state index contributed by atoms with van der Waals surface area (Å²) < 4.78 is 1.94. The molecule has 2 aromatic heterocycles. The topological polar surface area (TPSA) is 58.0 Å². The van der Waals surface area contributed by atoms with E-state index in [0.717, 1.165) is 11.1 Å². The lowest BCUT2D eigenvalue weighted by Gasteiger charge is -2.05. The van der Waals surface area contributed by atoms with Crippen LogP contribution >= 0.6 is 0 Å². The zero-order chi connectivity index (χ0) is 11.8. The highest BCUT2D eigenvalue weighted by Crippen LogP contribution is 2.22. The van der Waals surface area contributed by atoms with Gasteiger partial charge in [0.2, 0.25) is 0 Å². The van der Waals surface area contributed by atoms with Crippen LogP contribution in [-0.2, 0) is 0 Å². The van der Waals surface area contributed by atoms with Gasteiger partial charge >= 0.3 is 0 Å². The molecule has 4 nitrogen and oxygen atoms in total. The van der Waals surface area contributed by atoms with Gasteiger partial charge in [0.1, 0.15) is 0 Å². The first-order valence-electron chi connectivity index (χ1n) is 5.23. The van der Waals surface area contributed by atoms with Crippen LogP contribution in [0.5, 0.6) is 5.88 Å². The normalized spacial score (nSPS) is 10.8. The molecule has 17 heavy (non-hydrogen) atoms. The van der Waals surface area contributed by atoms with Crippen molar-refractivity contribution in [3.8, 4) is 11.6 Å². The molecule has 1 aromatic carbocycles. The van der Waals surface area contributed by atoms with E-state index in [-0.39, 0.29) is 11.4 Å². The number of hydrogen-bond donors (Lipinski definition) is 2. The number of fused-ring (bicyclic) bond motifs is 1. The van der Waals surface area contributed by atoms with Gasteiger partial charge in [-0.25, -0.2) is 0 Å². The number of pyridine rings is 1. The summed E-state index contributed by atoms with van der Waals surface area (Å²) >= 11 is 0. The number of H-pyrrole nitrogens is 1. The van der Waals surface area contributed by atoms with Gasteiger partial charge < -0.3 is 9.67 Å². The summed E-state index contributed by atoms with van der Waals surface area (Å²) in [4.78, 5) is 13.6. The van der Waals surface area contributed by atoms with Gasteiger partial charge in [0.25, 0.3) is 5.56 Å². The predicted molar refractivity (Wildman–Crippen MR) is 65.6 cm³/mol. The van der Waals surface area contributed by atoms with E-state index in [9.17, 15) is 9.90 Å². The number of nitrogens with zero attached hydrogens (tertiary/aromatic N) is 1. The molecule has 0 unspecified atom stereocenters. The van der Waals surface area contributed by atoms with Crippen LogP contribution in [0.2, 0.25) is 0 Å². The summed E-state index contributed by atoms with van der Waals surface area (Å²) in [5, 5.41) is 11.0. The number of aromatic amines is 1. The van der Waals surface area contributed by atoms with E-state index in [1.165, 1.54) is 6.07 Å². The van der Waals surface area contributed by atoms with Crippen molar-refractivity contribution in [2.75, 3.05) is 0 Å². The highest BCUT2D eigenvalue weighted by molar-refractivity contribution is 5.88. The minimum absolute atomic E-state index is 0.0912. The zero-order valence-electron chi connectivity index (χ0n) is 8.92. The third-order valence-corrected chi connectivity index (χ3v) is 2.72. The number of aromatic hydroxyl groups is 1. The molecule has 0 spiro atoms. The van der Waals surface area contributed by atoms with Gasteiger partial charge in [0, 0.05) is 29.5 Å². The van der Waals surface area contributed by atoms with Gasteiger partial charge in [-0.1, -0.05) is 0 Å². The van der Waals surface area contributed by atoms with Crippen molar-refractivity contribution in [3.05, 3.63) is 59.1 Å². The smallest absolute Gasteiger partial charge is 0.251 e. The van der Waals surface area contributed by atoms with Gasteiger partial charge in [-0.05, 0) is 35.7 Å². The van der Waals surface area contributed by atoms with E-state index in [4.69, 9.17) is 0 Å². The monoisotopic (exact) mass is 226 g/mol. The highest BCUT2D eigenvalue weighted by atomic mass is 16.3. The Morgan fingerprint density at radius 1 is 1.12 bits per heavy atom. The average molecular weight is 226 g/mol. The second kappa shape index (κ2) is 3.52. The second-order valence-electron chi connectivity index (χ2n) is 3.84. The Hall–Kier alpha value is -2.49. The van der Waals surface area contributed by atoms with Gasteiger partial charge in [-0.3, -0.25) is 9.78 Å². The van der Waals surface area contributed by atoms with E-state index in [2.05, 4.69) is 4.98 Å². The van der Waals surface area contributed by atoms with Gasteiger partial charge in [0.05, 0.1) is 0 Å². The summed E-state index contributed by atoms with van der Waals surface area (Å²) in [5.41, 5.74) is 0.646. The molecule has 4 heteroatoms. The summed E-state index contributed by atoms with van der Waals surface area (Å²) in [6.45, 7) is 0. The van der Waals surface area contributed by atoms with E-state index >= 15 is 0 Å². The molecule has 2 N–H and O–H groups in total. The lowest BCUT2D eigenvalue weighted by molar-refractivity contribution is 0.459. The Balaban J connectivity index is 2.29. The van der Waals surface area contributed by atoms with Crippen molar-refractivity contribution < 1.29 is 5.11 Å². The first kappa shape index (κ1) is 9.72. The fourth-order valence-corrected chi connectivity index (χ4v) is 1.91. The van der Waals surface area contributed by atoms with Crippen LogP contribution in [0.25, 0.3) is 16.5 Å². The Labute approximate surface area is 96.8 Å². The maximum Gasteiger partial charge on any atom is 0.251 e. The molecule has 0 aliphatic rings. The average Bonchev–Trinajstić information content (AvgIpc) is 2.81. The maximum atomic E-state index is 11.3. The number of hydrogen-bond acceptors (Lipinski definition) is 2. The number of rotatable bonds is 1. The van der Waals surface area contributed by atoms with Crippen LogP contribution in [0.1, 0.15) is 0 Å². The summed E-state index contributed by atoms with van der Waals surface area (Å²) in [5.74, 6) is -0.0912. The zero-order valence-corrected chi connectivity index (χ0v) is 8.92. The van der Waals surface area contributed by atoms with Crippen molar-refractivity contribution in [3.63, 3.8) is 0 Å². The predicted octanol–water partition coefficient (Wildman–Crippen LogP) is 2.02. The Morgan fingerprint density at radius 2 is 1.88 bits per heavy atom. The molecular formula is C13H10N2O2. The van der Waals surface area contributed by atoms with Crippen molar-refractivity contribution in [1.82, 2.24) is 9.55 Å². The fraction of sp³-hybridized carbons (Fsp3) is 0. The lowest BCUT2D eigenvalue weighted by atomic mass is 10.1. The molecule has 0 saturated carbocycles. The minimum atomic E-state index is -0.306. The third-order valence-electron chi connectivity index (χ3n) is 2.72. The number of benzene rings is 1. The number of aromatic nitrogens is 2. The summed E-state index contributed by atoms with van der Waals surface area (Å²) in [6, 6.07) is 10.9. The van der Waals surface area contributed by atoms with Crippen molar-refractivity contribution >= 4 is 10.8 Å². The van der Waals surface area contributed by atoms with Gasteiger partial charge in [-0.2, -0.15) is 0 Å². The molecule has 2 heterocycles. The van der Waals surface area contributed by atoms with Crippen LogP contribution in [0.3, 0.4) is 0 Å². The third kappa shape index (κ3) is 1.59. The fourth-order valence-electron chi connectivity index (χ4n) is 1.91. The van der Waals surface area contributed by atoms with E-state index in [0.29, 0.717) is 5.39 Å². The second-order valence-corrected chi connectivity index (χ2v) is 3.84. The highest BCUT2D eigenvalue weighted by Gasteiger charge is 2.03. The molecule has 0 amide bonds. The molecule has 0 atom stereocenters. The van der Waals surface area contributed by atoms with E-state index in [1.807, 2.05) is 41.2 Å². The van der Waals surface area contributed by atoms with Crippen molar-refractivity contribution in [2.45, 2.75) is 0 Å². The molecular weight excluding hydrogens is 216 g/mol. The Morgan fingerprint density at radius 3 is 2.65 bits per heavy atom. The largest absolute Gasteiger partial charge is 0.494 e. The van der Waals surface area contributed by atoms with Crippen LogP contribution in [-0.4, -0.2) is 14.7 Å². The lowest BCUT2D eigenvalue weighted by Crippen LogP contribution is -2.03. The van der Waals surface area contributed by atoms with Gasteiger partial charge in [0.15, 0.2) is 5.88 Å². The molecule has 3 aromatic rings. The molecule has 0 radical (unpaired) electrons. The molecule has 0 aliphatic heterocycles. The molecule has 0 bridgehead atoms. The van der Waals surface area contributed by atoms with Crippen LogP contribution in [0, 0.1) is 0 Å². The Bertz CT molecular complexity index is 727. The van der Waals surface area contributed by atoms with Gasteiger partial charge in [-0.15, -0.1) is 0 Å². The van der Waals surface area contributed by atoms with E-state index in [1.54, 1.807) is 6.07 Å². The summed E-state index contributed by atoms with van der Waals surface area (Å²) in [6.07, 6.45) is 3.85. The molecule has 0 aliphatic carbocycles. The Kier molecular flexibility index (Phi) is 2.01. The first-order valence-corrected chi connectivity index (χ1v) is 5.23. The standard InChI is InChI=1S/C13H10N2O2/c16-12-8-9-7-10(15-5-1-2-6-15)3-4-11(9)13(17)14-12/h1-8H,(H2,14,16,17). The minimum Gasteiger partial charge on any atom is -0.494 e. The van der Waals surface area contributed by atoms with Crippen LogP contribution in [0.4, 0.5) is 0 Å². The number of nitrogens with one attached hydrogen (secondary N) is 1. The van der Waals surface area contributed by atoms with E-state index < -0.39 is 0 Å². The van der Waals surface area contributed by atoms with Crippen molar-refractivity contribution in [2.24, 2.45) is 0 Å². The quantitative estimate of drug-likeness (QED) is 0.667.